The molecule has 0 aliphatic heterocycles. The molecule has 1 unspecified atom stereocenters. The molecule has 144 valence electrons. The summed E-state index contributed by atoms with van der Waals surface area (Å²) in [6.45, 7) is 4.45. The molecular weight excluding hydrogens is 460 g/mol. The van der Waals surface area contributed by atoms with Crippen LogP contribution in [-0.2, 0) is 23.0 Å². The lowest BCUT2D eigenvalue weighted by atomic mass is 10.1. The van der Waals surface area contributed by atoms with Crippen LogP contribution in [-0.4, -0.2) is 44.1 Å². The van der Waals surface area contributed by atoms with Crippen LogP contribution in [0.3, 0.4) is 0 Å². The van der Waals surface area contributed by atoms with Crippen LogP contribution in [0.1, 0.15) is 31.4 Å². The third kappa shape index (κ3) is 9.95. The molecular formula is C16H27FIN3O3S. The first-order valence-electron chi connectivity index (χ1n) is 7.86. The second kappa shape index (κ2) is 11.6. The molecule has 0 saturated heterocycles. The summed E-state index contributed by atoms with van der Waals surface area (Å²) in [5.74, 6) is 0.233. The van der Waals surface area contributed by atoms with Gasteiger partial charge in [-0.2, -0.15) is 0 Å². The summed E-state index contributed by atoms with van der Waals surface area (Å²) >= 11 is 0. The van der Waals surface area contributed by atoms with E-state index >= 15 is 0 Å². The van der Waals surface area contributed by atoms with Gasteiger partial charge in [-0.15, -0.1) is 24.0 Å². The molecule has 0 amide bonds. The van der Waals surface area contributed by atoms with Gasteiger partial charge in [-0.3, -0.25) is 0 Å². The van der Waals surface area contributed by atoms with Crippen LogP contribution in [0.4, 0.5) is 4.39 Å². The van der Waals surface area contributed by atoms with E-state index in [0.29, 0.717) is 25.5 Å². The van der Waals surface area contributed by atoms with Crippen molar-refractivity contribution in [1.82, 2.24) is 10.6 Å². The van der Waals surface area contributed by atoms with Crippen molar-refractivity contribution < 1.29 is 17.9 Å². The number of guanidine groups is 1. The van der Waals surface area contributed by atoms with Gasteiger partial charge in [-0.25, -0.2) is 17.8 Å². The van der Waals surface area contributed by atoms with Crippen LogP contribution in [0.25, 0.3) is 0 Å². The van der Waals surface area contributed by atoms with Crippen molar-refractivity contribution in [2.75, 3.05) is 18.6 Å². The van der Waals surface area contributed by atoms with Crippen molar-refractivity contribution in [2.24, 2.45) is 4.99 Å². The average molecular weight is 487 g/mol. The van der Waals surface area contributed by atoms with Gasteiger partial charge in [0.25, 0.3) is 0 Å². The fourth-order valence-electron chi connectivity index (χ4n) is 2.03. The summed E-state index contributed by atoms with van der Waals surface area (Å²) < 4.78 is 35.8. The van der Waals surface area contributed by atoms with Crippen LogP contribution in [0.15, 0.2) is 23.2 Å². The van der Waals surface area contributed by atoms with Crippen LogP contribution < -0.4 is 10.6 Å². The number of rotatable bonds is 8. The highest BCUT2D eigenvalue weighted by atomic mass is 127. The van der Waals surface area contributed by atoms with Gasteiger partial charge in [-0.1, -0.05) is 6.07 Å². The lowest BCUT2D eigenvalue weighted by molar-refractivity contribution is 0.275. The summed E-state index contributed by atoms with van der Waals surface area (Å²) in [6, 6.07) is 4.45. The van der Waals surface area contributed by atoms with Gasteiger partial charge < -0.3 is 15.7 Å². The minimum Gasteiger partial charge on any atom is -0.392 e. The van der Waals surface area contributed by atoms with Crippen molar-refractivity contribution in [1.29, 1.82) is 0 Å². The zero-order valence-corrected chi connectivity index (χ0v) is 17.9. The monoisotopic (exact) mass is 487 g/mol. The van der Waals surface area contributed by atoms with E-state index < -0.39 is 15.7 Å². The molecule has 0 aromatic heterocycles. The Labute approximate surface area is 166 Å². The summed E-state index contributed by atoms with van der Waals surface area (Å²) in [7, 11) is -2.99. The Bertz CT molecular complexity index is 669. The summed E-state index contributed by atoms with van der Waals surface area (Å²) in [4.78, 5) is 4.41. The Hall–Kier alpha value is -0.940. The minimum absolute atomic E-state index is 0. The number of nitrogens with zero attached hydrogens (tertiary/aromatic N) is 1. The van der Waals surface area contributed by atoms with E-state index in [-0.39, 0.29) is 47.9 Å². The molecule has 0 aliphatic rings. The van der Waals surface area contributed by atoms with Gasteiger partial charge in [0.1, 0.15) is 15.7 Å². The fourth-order valence-corrected chi connectivity index (χ4v) is 2.82. The van der Waals surface area contributed by atoms with Crippen LogP contribution in [0, 0.1) is 5.82 Å². The molecule has 0 spiro atoms. The Kier molecular flexibility index (Phi) is 11.2. The van der Waals surface area contributed by atoms with Crippen molar-refractivity contribution >= 4 is 39.8 Å². The average Bonchev–Trinajstić information content (AvgIpc) is 2.51. The number of hydrogen-bond donors (Lipinski definition) is 3. The third-order valence-electron chi connectivity index (χ3n) is 3.35. The molecule has 0 fully saturated rings. The van der Waals surface area contributed by atoms with Crippen LogP contribution >= 0.6 is 24.0 Å². The second-order valence-electron chi connectivity index (χ2n) is 5.74. The predicted molar refractivity (Wildman–Crippen MR) is 109 cm³/mol. The molecule has 25 heavy (non-hydrogen) atoms. The van der Waals surface area contributed by atoms with Crippen molar-refractivity contribution in [3.05, 3.63) is 35.1 Å². The number of aliphatic hydroxyl groups is 1. The minimum atomic E-state index is -2.99. The second-order valence-corrected chi connectivity index (χ2v) is 8.00. The van der Waals surface area contributed by atoms with Crippen molar-refractivity contribution in [3.8, 4) is 0 Å². The number of sulfone groups is 1. The molecule has 6 nitrogen and oxygen atoms in total. The largest absolute Gasteiger partial charge is 0.392 e. The first kappa shape index (κ1) is 24.1. The fraction of sp³-hybridized carbons (Fsp3) is 0.562. The Morgan fingerprint density at radius 2 is 2.08 bits per heavy atom. The SMILES string of the molecule is CCNC(=NCc1ccc(F)c(CO)c1)NC(C)CCS(C)(=O)=O.I. The number of aliphatic hydroxyl groups excluding tert-OH is 1. The van der Waals surface area contributed by atoms with Crippen LogP contribution in [0.2, 0.25) is 0 Å². The molecule has 3 N–H and O–H groups in total. The maximum atomic E-state index is 13.4. The molecule has 0 bridgehead atoms. The Morgan fingerprint density at radius 3 is 2.64 bits per heavy atom. The molecule has 1 aromatic carbocycles. The van der Waals surface area contributed by atoms with Crippen LogP contribution in [0.5, 0.6) is 0 Å². The molecule has 1 rings (SSSR count). The smallest absolute Gasteiger partial charge is 0.191 e. The van der Waals surface area contributed by atoms with E-state index in [0.717, 1.165) is 5.56 Å². The van der Waals surface area contributed by atoms with Gasteiger partial charge in [0.2, 0.25) is 0 Å². The molecule has 1 aromatic rings. The van der Waals surface area contributed by atoms with Gasteiger partial charge in [-0.05, 0) is 38.0 Å². The molecule has 9 heteroatoms. The maximum Gasteiger partial charge on any atom is 0.191 e. The molecule has 0 aliphatic carbocycles. The van der Waals surface area contributed by atoms with E-state index in [1.165, 1.54) is 12.3 Å². The van der Waals surface area contributed by atoms with E-state index in [1.807, 2.05) is 13.8 Å². The summed E-state index contributed by atoms with van der Waals surface area (Å²) in [5, 5.41) is 15.3. The lowest BCUT2D eigenvalue weighted by Crippen LogP contribution is -2.42. The highest BCUT2D eigenvalue weighted by molar-refractivity contribution is 14.0. The molecule has 1 atom stereocenters. The van der Waals surface area contributed by atoms with E-state index in [4.69, 9.17) is 5.11 Å². The maximum absolute atomic E-state index is 13.4. The highest BCUT2D eigenvalue weighted by Crippen LogP contribution is 2.11. The topological polar surface area (TPSA) is 90.8 Å². The number of nitrogens with one attached hydrogen (secondary N) is 2. The summed E-state index contributed by atoms with van der Waals surface area (Å²) in [6.07, 6.45) is 1.70. The Morgan fingerprint density at radius 1 is 1.40 bits per heavy atom. The highest BCUT2D eigenvalue weighted by Gasteiger charge is 2.09. The number of hydrogen-bond acceptors (Lipinski definition) is 4. The normalized spacial score (nSPS) is 13.1. The zero-order chi connectivity index (χ0) is 18.2. The standard InChI is InChI=1S/C16H26FN3O3S.HI/c1-4-18-16(20-12(2)7-8-24(3,22)23)19-10-13-5-6-15(17)14(9-13)11-21;/h5-6,9,12,21H,4,7-8,10-11H2,1-3H3,(H2,18,19,20);1H. The van der Waals surface area contributed by atoms with Gasteiger partial charge in [0, 0.05) is 24.4 Å². The lowest BCUT2D eigenvalue weighted by Gasteiger charge is -2.17. The van der Waals surface area contributed by atoms with Gasteiger partial charge in [0.15, 0.2) is 5.96 Å². The van der Waals surface area contributed by atoms with Crippen molar-refractivity contribution in [3.63, 3.8) is 0 Å². The molecule has 0 heterocycles. The predicted octanol–water partition coefficient (Wildman–Crippen LogP) is 1.81. The number of halogens is 2. The van der Waals surface area contributed by atoms with E-state index in [1.54, 1.807) is 12.1 Å². The molecule has 0 saturated carbocycles. The number of aliphatic imine (C=N–C) groups is 1. The first-order chi connectivity index (χ1) is 11.2. The van der Waals surface area contributed by atoms with Gasteiger partial charge >= 0.3 is 0 Å². The Balaban J connectivity index is 0.00000576. The number of benzene rings is 1. The summed E-state index contributed by atoms with van der Waals surface area (Å²) in [5.41, 5.74) is 1.02. The van der Waals surface area contributed by atoms with E-state index in [9.17, 15) is 12.8 Å². The van der Waals surface area contributed by atoms with Gasteiger partial charge in [0.05, 0.1) is 18.9 Å². The molecule has 0 radical (unpaired) electrons. The quantitative estimate of drug-likeness (QED) is 0.296. The zero-order valence-electron chi connectivity index (χ0n) is 14.8. The third-order valence-corrected chi connectivity index (χ3v) is 4.33. The van der Waals surface area contributed by atoms with Crippen molar-refractivity contribution in [2.45, 2.75) is 39.5 Å². The first-order valence-corrected chi connectivity index (χ1v) is 9.92. The van der Waals surface area contributed by atoms with E-state index in [2.05, 4.69) is 15.6 Å².